The summed E-state index contributed by atoms with van der Waals surface area (Å²) in [5.41, 5.74) is 0. The zero-order chi connectivity index (χ0) is 30.8. The number of unbranched alkanes of at least 4 members (excludes halogenated alkanes) is 13. The van der Waals surface area contributed by atoms with Crippen LogP contribution in [-0.2, 0) is 18.4 Å². The minimum absolute atomic E-state index is 0.00691. The first kappa shape index (κ1) is 40.0. The summed E-state index contributed by atoms with van der Waals surface area (Å²) in [6, 6.07) is -0.892. The molecule has 41 heavy (non-hydrogen) atoms. The monoisotopic (exact) mass is 602 g/mol. The number of rotatable bonds is 28. The number of quaternary nitrogens is 1. The van der Waals surface area contributed by atoms with Gasteiger partial charge < -0.3 is 28.8 Å². The van der Waals surface area contributed by atoms with Crippen LogP contribution in [0, 0.1) is 0 Å². The molecule has 0 fully saturated rings. The Kier molecular flexibility index (Phi) is 24.8. The van der Waals surface area contributed by atoms with E-state index in [1.54, 1.807) is 6.08 Å². The van der Waals surface area contributed by atoms with Crippen molar-refractivity contribution in [2.45, 2.75) is 135 Å². The molecule has 0 rings (SSSR count). The fourth-order valence-electron chi connectivity index (χ4n) is 4.20. The first-order valence-electron chi connectivity index (χ1n) is 16.2. The van der Waals surface area contributed by atoms with Crippen LogP contribution < -0.4 is 10.2 Å². The Morgan fingerprint density at radius 3 is 1.95 bits per heavy atom. The first-order valence-corrected chi connectivity index (χ1v) is 17.7. The number of aliphatic hydroxyl groups is 1. The van der Waals surface area contributed by atoms with Crippen LogP contribution in [0.1, 0.15) is 123 Å². The molecule has 0 saturated carbocycles. The molecule has 3 unspecified atom stereocenters. The van der Waals surface area contributed by atoms with E-state index in [-0.39, 0.29) is 12.5 Å². The third-order valence-corrected chi connectivity index (χ3v) is 7.88. The number of carbonyl (C=O) groups is 1. The molecule has 2 N–H and O–H groups in total. The summed E-state index contributed by atoms with van der Waals surface area (Å²) in [7, 11) is 1.23. The Bertz CT molecular complexity index is 738. The first-order chi connectivity index (χ1) is 19.5. The van der Waals surface area contributed by atoms with Crippen molar-refractivity contribution in [2.24, 2.45) is 0 Å². The molecule has 242 valence electrons. The molecule has 0 spiro atoms. The number of hydrogen-bond donors (Lipinski definition) is 2. The van der Waals surface area contributed by atoms with E-state index in [4.69, 9.17) is 9.05 Å². The minimum Gasteiger partial charge on any atom is -0.756 e. The van der Waals surface area contributed by atoms with Gasteiger partial charge in [0, 0.05) is 6.42 Å². The average molecular weight is 603 g/mol. The lowest BCUT2D eigenvalue weighted by Crippen LogP contribution is -2.45. The van der Waals surface area contributed by atoms with Gasteiger partial charge in [-0.3, -0.25) is 9.36 Å². The normalized spacial score (nSPS) is 15.4. The molecule has 0 aromatic carbocycles. The number of amides is 1. The second kappa shape index (κ2) is 25.5. The van der Waals surface area contributed by atoms with Crippen LogP contribution in [0.25, 0.3) is 0 Å². The quantitative estimate of drug-likeness (QED) is 0.0440. The minimum atomic E-state index is -4.56. The van der Waals surface area contributed by atoms with Crippen LogP contribution in [0.3, 0.4) is 0 Å². The molecule has 0 aromatic rings. The number of nitrogens with zero attached hydrogens (tertiary/aromatic N) is 1. The van der Waals surface area contributed by atoms with Crippen molar-refractivity contribution < 1.29 is 32.9 Å². The average Bonchev–Trinajstić information content (AvgIpc) is 2.90. The predicted molar refractivity (Wildman–Crippen MR) is 168 cm³/mol. The van der Waals surface area contributed by atoms with Gasteiger partial charge in [0.05, 0.1) is 39.9 Å². The van der Waals surface area contributed by atoms with Gasteiger partial charge in [-0.2, -0.15) is 0 Å². The zero-order valence-corrected chi connectivity index (χ0v) is 27.9. The van der Waals surface area contributed by atoms with Crippen molar-refractivity contribution in [1.29, 1.82) is 0 Å². The van der Waals surface area contributed by atoms with Gasteiger partial charge in [0.25, 0.3) is 7.82 Å². The summed E-state index contributed by atoms with van der Waals surface area (Å²) < 4.78 is 22.7. The molecule has 0 heterocycles. The van der Waals surface area contributed by atoms with Crippen molar-refractivity contribution >= 4 is 13.7 Å². The third-order valence-electron chi connectivity index (χ3n) is 6.91. The summed E-state index contributed by atoms with van der Waals surface area (Å²) >= 11 is 0. The highest BCUT2D eigenvalue weighted by atomic mass is 31.2. The number of carbonyl (C=O) groups excluding carboxylic acids is 1. The molecule has 8 nitrogen and oxygen atoms in total. The van der Waals surface area contributed by atoms with E-state index in [0.29, 0.717) is 23.9 Å². The lowest BCUT2D eigenvalue weighted by Gasteiger charge is -2.29. The highest BCUT2D eigenvalue weighted by Gasteiger charge is 2.23. The van der Waals surface area contributed by atoms with Crippen molar-refractivity contribution in [3.8, 4) is 0 Å². The summed E-state index contributed by atoms with van der Waals surface area (Å²) in [5, 5.41) is 13.4. The van der Waals surface area contributed by atoms with Gasteiger partial charge in [-0.1, -0.05) is 109 Å². The molecule has 0 aliphatic heterocycles. The predicted octanol–water partition coefficient (Wildman–Crippen LogP) is 6.82. The van der Waals surface area contributed by atoms with E-state index < -0.39 is 26.6 Å². The molecule has 0 aliphatic rings. The molecule has 3 atom stereocenters. The van der Waals surface area contributed by atoms with Gasteiger partial charge in [0.15, 0.2) is 0 Å². The number of allylic oxidation sites excluding steroid dienone is 3. The zero-order valence-electron chi connectivity index (χ0n) is 27.0. The highest BCUT2D eigenvalue weighted by Crippen LogP contribution is 2.38. The number of aliphatic hydroxyl groups excluding tert-OH is 1. The van der Waals surface area contributed by atoms with Gasteiger partial charge in [-0.15, -0.1) is 0 Å². The van der Waals surface area contributed by atoms with Crippen LogP contribution >= 0.6 is 7.82 Å². The smallest absolute Gasteiger partial charge is 0.268 e. The second-order valence-electron chi connectivity index (χ2n) is 12.2. The maximum atomic E-state index is 12.3. The largest absolute Gasteiger partial charge is 0.756 e. The maximum absolute atomic E-state index is 12.3. The van der Waals surface area contributed by atoms with Gasteiger partial charge in [0.1, 0.15) is 13.2 Å². The van der Waals surface area contributed by atoms with Gasteiger partial charge >= 0.3 is 0 Å². The fourth-order valence-corrected chi connectivity index (χ4v) is 4.92. The molecule has 1 amide bonds. The van der Waals surface area contributed by atoms with Gasteiger partial charge in [0.2, 0.25) is 5.91 Å². The van der Waals surface area contributed by atoms with Crippen LogP contribution in [0.2, 0.25) is 0 Å². The molecule has 9 heteroatoms. The topological polar surface area (TPSA) is 108 Å². The van der Waals surface area contributed by atoms with E-state index in [1.807, 2.05) is 34.1 Å². The number of likely N-dealkylation sites (N-methyl/N-ethyl adjacent to an activating group) is 1. The number of nitrogens with one attached hydrogen (secondary N) is 1. The highest BCUT2D eigenvalue weighted by molar-refractivity contribution is 7.45. The summed E-state index contributed by atoms with van der Waals surface area (Å²) in [4.78, 5) is 24.4. The summed E-state index contributed by atoms with van der Waals surface area (Å²) in [6.45, 7) is 4.34. The lowest BCUT2D eigenvalue weighted by atomic mass is 10.1. The van der Waals surface area contributed by atoms with Gasteiger partial charge in [-0.25, -0.2) is 0 Å². The fraction of sp³-hybridized carbons (Fsp3) is 0.844. The molecule has 0 aromatic heterocycles. The maximum Gasteiger partial charge on any atom is 0.268 e. The van der Waals surface area contributed by atoms with Crippen molar-refractivity contribution in [1.82, 2.24) is 5.32 Å². The number of phosphoric ester groups is 1. The van der Waals surface area contributed by atoms with Crippen LogP contribution in [0.5, 0.6) is 0 Å². The summed E-state index contributed by atoms with van der Waals surface area (Å²) in [6.07, 6.45) is 26.2. The van der Waals surface area contributed by atoms with Gasteiger partial charge in [-0.05, 0) is 32.1 Å². The molecular formula is C32H63N2O6P. The van der Waals surface area contributed by atoms with Crippen LogP contribution in [-0.4, -0.2) is 68.5 Å². The van der Waals surface area contributed by atoms with E-state index in [2.05, 4.69) is 24.4 Å². The molecule has 0 radical (unpaired) electrons. The standard InChI is InChI=1S/C32H63N2O6P/c1-6-8-10-11-12-13-14-15-16-17-18-19-20-21-22-23-24-25-31(35)30(33-32(36)26-9-7-2)29-40-41(37,38)39-28-27-34(3,4)5/h20-21,24-25,30-31,35H,6-19,22-23,26-29H2,1-5H3,(H-,33,36,37,38)/b21-20+,25-24+. The van der Waals surface area contributed by atoms with Crippen molar-refractivity contribution in [2.75, 3.05) is 40.9 Å². The molecule has 0 bridgehead atoms. The van der Waals surface area contributed by atoms with E-state index >= 15 is 0 Å². The van der Waals surface area contributed by atoms with Crippen LogP contribution in [0.4, 0.5) is 0 Å². The Labute approximate surface area is 252 Å². The third kappa shape index (κ3) is 27.6. The number of hydrogen-bond acceptors (Lipinski definition) is 6. The Morgan fingerprint density at radius 2 is 1.37 bits per heavy atom. The molecular weight excluding hydrogens is 539 g/mol. The summed E-state index contributed by atoms with van der Waals surface area (Å²) in [5.74, 6) is -0.245. The van der Waals surface area contributed by atoms with Crippen molar-refractivity contribution in [3.05, 3.63) is 24.3 Å². The SMILES string of the molecule is CCCCCCCCCCCCC/C=C/CC/C=C/C(O)C(COP(=O)([O-])OCC[N+](C)(C)C)NC(=O)CCCC. The van der Waals surface area contributed by atoms with E-state index in [0.717, 1.165) is 25.7 Å². The Morgan fingerprint density at radius 1 is 0.829 bits per heavy atom. The van der Waals surface area contributed by atoms with E-state index in [9.17, 15) is 19.4 Å². The van der Waals surface area contributed by atoms with Crippen LogP contribution in [0.15, 0.2) is 24.3 Å². The number of phosphoric acid groups is 1. The Hall–Kier alpha value is -1.02. The molecule has 0 aliphatic carbocycles. The molecule has 0 saturated heterocycles. The lowest BCUT2D eigenvalue weighted by molar-refractivity contribution is -0.870. The Balaban J connectivity index is 4.33. The van der Waals surface area contributed by atoms with Crippen molar-refractivity contribution in [3.63, 3.8) is 0 Å². The van der Waals surface area contributed by atoms with E-state index in [1.165, 1.54) is 70.6 Å². The second-order valence-corrected chi connectivity index (χ2v) is 13.6.